The quantitative estimate of drug-likeness (QED) is 0.203. The van der Waals surface area contributed by atoms with E-state index in [-0.39, 0.29) is 29.9 Å². The lowest BCUT2D eigenvalue weighted by Gasteiger charge is -2.16. The summed E-state index contributed by atoms with van der Waals surface area (Å²) in [5.74, 6) is 1.53. The van der Waals surface area contributed by atoms with Gasteiger partial charge in [0.15, 0.2) is 5.96 Å². The fourth-order valence-corrected chi connectivity index (χ4v) is 2.91. The Labute approximate surface area is 208 Å². The maximum Gasteiger partial charge on any atom is 0.253 e. The van der Waals surface area contributed by atoms with Crippen molar-refractivity contribution in [1.29, 1.82) is 0 Å². The molecule has 0 fully saturated rings. The summed E-state index contributed by atoms with van der Waals surface area (Å²) in [6, 6.07) is 13.7. The normalized spacial score (nSPS) is 10.8. The molecule has 2 N–H and O–H groups in total. The Morgan fingerprint density at radius 3 is 2.34 bits per heavy atom. The van der Waals surface area contributed by atoms with E-state index in [1.54, 1.807) is 26.0 Å². The van der Waals surface area contributed by atoms with Crippen molar-refractivity contribution in [2.45, 2.75) is 26.9 Å². The SMILES string of the molecule is CCOCCOc1cc(C)ccc1CNC(=NC)NCc1ccc(C(=O)N(C)C)cc1.I. The predicted molar refractivity (Wildman–Crippen MR) is 140 cm³/mol. The second-order valence-corrected chi connectivity index (χ2v) is 7.33. The van der Waals surface area contributed by atoms with Gasteiger partial charge in [-0.2, -0.15) is 0 Å². The Bertz CT molecular complexity index is 870. The summed E-state index contributed by atoms with van der Waals surface area (Å²) >= 11 is 0. The molecule has 0 aliphatic rings. The molecule has 2 aromatic rings. The van der Waals surface area contributed by atoms with Gasteiger partial charge in [-0.25, -0.2) is 0 Å². The first-order chi connectivity index (χ1) is 14.9. The van der Waals surface area contributed by atoms with Gasteiger partial charge in [0.25, 0.3) is 5.91 Å². The second-order valence-electron chi connectivity index (χ2n) is 7.33. The number of carbonyl (C=O) groups excluding carboxylic acids is 1. The lowest BCUT2D eigenvalue weighted by Crippen LogP contribution is -2.36. The molecule has 0 saturated heterocycles. The summed E-state index contributed by atoms with van der Waals surface area (Å²) in [5.41, 5.74) is 3.94. The Balaban J connectivity index is 0.00000512. The summed E-state index contributed by atoms with van der Waals surface area (Å²) < 4.78 is 11.3. The highest BCUT2D eigenvalue weighted by Gasteiger charge is 2.08. The van der Waals surface area contributed by atoms with E-state index in [2.05, 4.69) is 27.8 Å². The van der Waals surface area contributed by atoms with Crippen molar-refractivity contribution in [2.75, 3.05) is 41.0 Å². The Morgan fingerprint density at radius 1 is 1.03 bits per heavy atom. The molecule has 32 heavy (non-hydrogen) atoms. The van der Waals surface area contributed by atoms with Gasteiger partial charge < -0.3 is 25.0 Å². The molecule has 176 valence electrons. The molecule has 7 nitrogen and oxygen atoms in total. The molecule has 0 aliphatic heterocycles. The number of amides is 1. The van der Waals surface area contributed by atoms with Crippen LogP contribution in [0, 0.1) is 6.92 Å². The topological polar surface area (TPSA) is 75.2 Å². The van der Waals surface area contributed by atoms with Crippen LogP contribution in [0.3, 0.4) is 0 Å². The molecular weight excluding hydrogens is 519 g/mol. The van der Waals surface area contributed by atoms with E-state index in [0.29, 0.717) is 44.4 Å². The molecule has 8 heteroatoms. The van der Waals surface area contributed by atoms with Crippen LogP contribution < -0.4 is 15.4 Å². The molecule has 1 amide bonds. The minimum absolute atomic E-state index is 0. The number of hydrogen-bond acceptors (Lipinski definition) is 4. The molecule has 0 unspecified atom stereocenters. The Morgan fingerprint density at radius 2 is 1.72 bits per heavy atom. The number of nitrogens with one attached hydrogen (secondary N) is 2. The molecule has 0 atom stereocenters. The van der Waals surface area contributed by atoms with E-state index >= 15 is 0 Å². The summed E-state index contributed by atoms with van der Waals surface area (Å²) in [6.45, 7) is 6.97. The number of halogens is 1. The van der Waals surface area contributed by atoms with Crippen LogP contribution in [0.2, 0.25) is 0 Å². The zero-order valence-electron chi connectivity index (χ0n) is 19.6. The van der Waals surface area contributed by atoms with Crippen molar-refractivity contribution in [1.82, 2.24) is 15.5 Å². The van der Waals surface area contributed by atoms with Gasteiger partial charge in [-0.1, -0.05) is 24.3 Å². The average Bonchev–Trinajstić information content (AvgIpc) is 2.77. The molecule has 0 spiro atoms. The number of nitrogens with zero attached hydrogens (tertiary/aromatic N) is 2. The fraction of sp³-hybridized carbons (Fsp3) is 0.417. The number of benzene rings is 2. The van der Waals surface area contributed by atoms with Crippen LogP contribution in [0.1, 0.15) is 34.0 Å². The summed E-state index contributed by atoms with van der Waals surface area (Å²) in [5, 5.41) is 6.63. The fourth-order valence-electron chi connectivity index (χ4n) is 2.91. The molecule has 2 aromatic carbocycles. The van der Waals surface area contributed by atoms with Crippen molar-refractivity contribution >= 4 is 35.8 Å². The van der Waals surface area contributed by atoms with Crippen LogP contribution >= 0.6 is 24.0 Å². The highest BCUT2D eigenvalue weighted by atomic mass is 127. The van der Waals surface area contributed by atoms with Crippen molar-refractivity contribution in [3.8, 4) is 5.75 Å². The van der Waals surface area contributed by atoms with E-state index in [4.69, 9.17) is 9.47 Å². The maximum atomic E-state index is 12.0. The molecule has 0 heterocycles. The minimum Gasteiger partial charge on any atom is -0.491 e. The molecule has 2 rings (SSSR count). The van der Waals surface area contributed by atoms with E-state index in [9.17, 15) is 4.79 Å². The molecule has 0 aromatic heterocycles. The van der Waals surface area contributed by atoms with Gasteiger partial charge in [-0.05, 0) is 43.2 Å². The minimum atomic E-state index is -0.00522. The number of hydrogen-bond donors (Lipinski definition) is 2. The van der Waals surface area contributed by atoms with Crippen molar-refractivity contribution in [3.05, 3.63) is 64.7 Å². The standard InChI is InChI=1S/C24H34N4O3.HI/c1-6-30-13-14-31-22-15-18(2)7-10-21(22)17-27-24(25-3)26-16-19-8-11-20(12-9-19)23(29)28(4)5;/h7-12,15H,6,13-14,16-17H2,1-5H3,(H2,25,26,27);1H. The van der Waals surface area contributed by atoms with Crippen LogP contribution in [0.15, 0.2) is 47.5 Å². The first-order valence-corrected chi connectivity index (χ1v) is 10.5. The number of carbonyl (C=O) groups is 1. The number of ether oxygens (including phenoxy) is 2. The zero-order valence-corrected chi connectivity index (χ0v) is 21.9. The first-order valence-electron chi connectivity index (χ1n) is 10.5. The third kappa shape index (κ3) is 9.04. The molecule has 0 bridgehead atoms. The van der Waals surface area contributed by atoms with Gasteiger partial charge in [-0.3, -0.25) is 9.79 Å². The van der Waals surface area contributed by atoms with Gasteiger partial charge >= 0.3 is 0 Å². The number of guanidine groups is 1. The van der Waals surface area contributed by atoms with E-state index in [0.717, 1.165) is 22.4 Å². The van der Waals surface area contributed by atoms with E-state index in [1.807, 2.05) is 44.2 Å². The number of aliphatic imine (C=N–C) groups is 1. The third-order valence-electron chi connectivity index (χ3n) is 4.65. The van der Waals surface area contributed by atoms with Gasteiger partial charge in [0.05, 0.1) is 6.61 Å². The predicted octanol–water partition coefficient (Wildman–Crippen LogP) is 3.60. The van der Waals surface area contributed by atoms with Gasteiger partial charge in [0.1, 0.15) is 12.4 Å². The van der Waals surface area contributed by atoms with Crippen LogP contribution in [-0.2, 0) is 17.8 Å². The van der Waals surface area contributed by atoms with Crippen LogP contribution in [-0.4, -0.2) is 57.7 Å². The number of rotatable bonds is 10. The molecule has 0 aliphatic carbocycles. The first kappa shape index (κ1) is 27.7. The van der Waals surface area contributed by atoms with Gasteiger partial charge in [0, 0.05) is 52.0 Å². The zero-order chi connectivity index (χ0) is 22.6. The summed E-state index contributed by atoms with van der Waals surface area (Å²) in [7, 11) is 5.23. The Kier molecular flexibility index (Phi) is 12.7. The smallest absolute Gasteiger partial charge is 0.253 e. The third-order valence-corrected chi connectivity index (χ3v) is 4.65. The van der Waals surface area contributed by atoms with E-state index in [1.165, 1.54) is 0 Å². The van der Waals surface area contributed by atoms with Crippen LogP contribution in [0.5, 0.6) is 5.75 Å². The van der Waals surface area contributed by atoms with E-state index < -0.39 is 0 Å². The van der Waals surface area contributed by atoms with Crippen molar-refractivity contribution in [2.24, 2.45) is 4.99 Å². The summed E-state index contributed by atoms with van der Waals surface area (Å²) in [4.78, 5) is 17.9. The number of aryl methyl sites for hydroxylation is 1. The lowest BCUT2D eigenvalue weighted by molar-refractivity contribution is 0.0827. The summed E-state index contributed by atoms with van der Waals surface area (Å²) in [6.07, 6.45) is 0. The molecule has 0 saturated carbocycles. The monoisotopic (exact) mass is 554 g/mol. The molecule has 0 radical (unpaired) electrons. The second kappa shape index (κ2) is 14.7. The highest BCUT2D eigenvalue weighted by Crippen LogP contribution is 2.20. The average molecular weight is 554 g/mol. The van der Waals surface area contributed by atoms with Crippen LogP contribution in [0.4, 0.5) is 0 Å². The Hall–Kier alpha value is -2.33. The largest absolute Gasteiger partial charge is 0.491 e. The van der Waals surface area contributed by atoms with Crippen molar-refractivity contribution < 1.29 is 14.3 Å². The van der Waals surface area contributed by atoms with Crippen molar-refractivity contribution in [3.63, 3.8) is 0 Å². The highest BCUT2D eigenvalue weighted by molar-refractivity contribution is 14.0. The maximum absolute atomic E-state index is 12.0. The lowest BCUT2D eigenvalue weighted by atomic mass is 10.1. The molecular formula is C24H35IN4O3. The van der Waals surface area contributed by atoms with Gasteiger partial charge in [-0.15, -0.1) is 24.0 Å². The van der Waals surface area contributed by atoms with Crippen LogP contribution in [0.25, 0.3) is 0 Å². The van der Waals surface area contributed by atoms with Gasteiger partial charge in [0.2, 0.25) is 0 Å².